The third kappa shape index (κ3) is 6.82. The number of aliphatic hydroxyl groups is 1. The van der Waals surface area contributed by atoms with Crippen LogP contribution in [0.4, 0.5) is 0 Å². The summed E-state index contributed by atoms with van der Waals surface area (Å²) < 4.78 is 22.8. The highest BCUT2D eigenvalue weighted by Gasteiger charge is 2.20. The topological polar surface area (TPSA) is 107 Å². The molecule has 148 valence electrons. The normalized spacial score (nSPS) is 13.5. The minimum atomic E-state index is -0.478. The third-order valence-electron chi connectivity index (χ3n) is 4.07. The molecular weight excluding hydrogens is 336 g/mol. The molecule has 0 spiro atoms. The molecule has 0 saturated heterocycles. The molecule has 1 aromatic carbocycles. The molecule has 0 aliphatic rings. The maximum Gasteiger partial charge on any atom is 0.191 e. The molecule has 7 nitrogen and oxygen atoms in total. The Balaban J connectivity index is 3.00. The molecule has 2 atom stereocenters. The van der Waals surface area contributed by atoms with Gasteiger partial charge in [-0.3, -0.25) is 5.41 Å². The van der Waals surface area contributed by atoms with Crippen molar-refractivity contribution in [3.05, 3.63) is 23.8 Å². The average Bonchev–Trinajstić information content (AvgIpc) is 2.64. The van der Waals surface area contributed by atoms with Crippen LogP contribution in [-0.2, 0) is 9.47 Å². The van der Waals surface area contributed by atoms with Crippen LogP contribution in [0.3, 0.4) is 0 Å². The first-order valence-electron chi connectivity index (χ1n) is 9.08. The fourth-order valence-corrected chi connectivity index (χ4v) is 2.32. The quantitative estimate of drug-likeness (QED) is 0.281. The van der Waals surface area contributed by atoms with E-state index in [1.807, 2.05) is 27.7 Å². The summed E-state index contributed by atoms with van der Waals surface area (Å²) in [4.78, 5) is 0. The predicted molar refractivity (Wildman–Crippen MR) is 101 cm³/mol. The van der Waals surface area contributed by atoms with Gasteiger partial charge in [-0.15, -0.1) is 0 Å². The van der Waals surface area contributed by atoms with Crippen LogP contribution in [0.5, 0.6) is 11.5 Å². The molecule has 0 radical (unpaired) electrons. The second kappa shape index (κ2) is 11.7. The highest BCUT2D eigenvalue weighted by atomic mass is 16.7. The second-order valence-corrected chi connectivity index (χ2v) is 5.95. The molecule has 7 heteroatoms. The zero-order chi connectivity index (χ0) is 19.5. The summed E-state index contributed by atoms with van der Waals surface area (Å²) in [5.74, 6) is 1.02. The minimum absolute atomic E-state index is 0.0630. The Morgan fingerprint density at radius 2 is 1.81 bits per heavy atom. The number of nitrogen functional groups attached to an aromatic ring is 1. The zero-order valence-electron chi connectivity index (χ0n) is 16.2. The lowest BCUT2D eigenvalue weighted by Gasteiger charge is -2.25. The van der Waals surface area contributed by atoms with Crippen molar-refractivity contribution in [2.75, 3.05) is 26.4 Å². The molecule has 4 N–H and O–H groups in total. The number of amidine groups is 1. The molecule has 0 amide bonds. The zero-order valence-corrected chi connectivity index (χ0v) is 16.2. The van der Waals surface area contributed by atoms with Crippen molar-refractivity contribution in [1.29, 1.82) is 5.41 Å². The summed E-state index contributed by atoms with van der Waals surface area (Å²) in [7, 11) is 0. The Kier molecular flexibility index (Phi) is 10.0. The Hall–Kier alpha value is -1.83. The van der Waals surface area contributed by atoms with Gasteiger partial charge in [0.2, 0.25) is 0 Å². The lowest BCUT2D eigenvalue weighted by atomic mass is 10.0. The van der Waals surface area contributed by atoms with Crippen LogP contribution >= 0.6 is 0 Å². The van der Waals surface area contributed by atoms with Gasteiger partial charge in [-0.25, -0.2) is 0 Å². The van der Waals surface area contributed by atoms with E-state index in [1.54, 1.807) is 18.2 Å². The maximum absolute atomic E-state index is 9.64. The van der Waals surface area contributed by atoms with Gasteiger partial charge >= 0.3 is 0 Å². The van der Waals surface area contributed by atoms with Gasteiger partial charge in [0.25, 0.3) is 0 Å². The SMILES string of the molecule is CCOC(COc1ccc(C(=N)N)cc1OC(CO)C(C)CC)OCC. The van der Waals surface area contributed by atoms with E-state index in [4.69, 9.17) is 30.1 Å². The van der Waals surface area contributed by atoms with Crippen molar-refractivity contribution in [3.8, 4) is 11.5 Å². The fourth-order valence-electron chi connectivity index (χ4n) is 2.32. The van der Waals surface area contributed by atoms with E-state index >= 15 is 0 Å². The molecule has 0 aliphatic heterocycles. The summed E-state index contributed by atoms with van der Waals surface area (Å²) in [6, 6.07) is 5.04. The van der Waals surface area contributed by atoms with Crippen molar-refractivity contribution in [2.24, 2.45) is 11.7 Å². The first-order valence-corrected chi connectivity index (χ1v) is 9.08. The average molecular weight is 368 g/mol. The van der Waals surface area contributed by atoms with Gasteiger partial charge in [-0.05, 0) is 44.4 Å². The third-order valence-corrected chi connectivity index (χ3v) is 4.07. The number of ether oxygens (including phenoxy) is 4. The Morgan fingerprint density at radius 1 is 1.15 bits per heavy atom. The highest BCUT2D eigenvalue weighted by molar-refractivity contribution is 5.95. The molecule has 0 aliphatic carbocycles. The molecule has 0 fully saturated rings. The maximum atomic E-state index is 9.64. The van der Waals surface area contributed by atoms with Gasteiger partial charge < -0.3 is 29.8 Å². The van der Waals surface area contributed by atoms with Crippen LogP contribution in [0.15, 0.2) is 18.2 Å². The van der Waals surface area contributed by atoms with E-state index < -0.39 is 6.29 Å². The Labute approximate surface area is 155 Å². The van der Waals surface area contributed by atoms with Crippen molar-refractivity contribution in [3.63, 3.8) is 0 Å². The molecule has 26 heavy (non-hydrogen) atoms. The first-order chi connectivity index (χ1) is 12.5. The smallest absolute Gasteiger partial charge is 0.191 e. The van der Waals surface area contributed by atoms with Gasteiger partial charge in [-0.1, -0.05) is 13.8 Å². The number of hydrogen-bond donors (Lipinski definition) is 3. The molecular formula is C19H32N2O5. The van der Waals surface area contributed by atoms with E-state index in [0.717, 1.165) is 6.42 Å². The van der Waals surface area contributed by atoms with E-state index in [9.17, 15) is 5.11 Å². The van der Waals surface area contributed by atoms with Crippen LogP contribution < -0.4 is 15.2 Å². The molecule has 0 heterocycles. The Morgan fingerprint density at radius 3 is 2.31 bits per heavy atom. The Bertz CT molecular complexity index is 547. The van der Waals surface area contributed by atoms with Crippen molar-refractivity contribution in [2.45, 2.75) is 46.5 Å². The molecule has 1 rings (SSSR count). The van der Waals surface area contributed by atoms with Gasteiger partial charge in [-0.2, -0.15) is 0 Å². The van der Waals surface area contributed by atoms with Crippen LogP contribution in [0.1, 0.15) is 39.7 Å². The minimum Gasteiger partial charge on any atom is -0.484 e. The number of aliphatic hydroxyl groups excluding tert-OH is 1. The largest absolute Gasteiger partial charge is 0.484 e. The molecule has 0 saturated carbocycles. The van der Waals surface area contributed by atoms with E-state index in [0.29, 0.717) is 30.3 Å². The van der Waals surface area contributed by atoms with E-state index in [1.165, 1.54) is 0 Å². The van der Waals surface area contributed by atoms with Crippen molar-refractivity contribution >= 4 is 5.84 Å². The number of benzene rings is 1. The van der Waals surface area contributed by atoms with Crippen LogP contribution in [0.25, 0.3) is 0 Å². The number of nitrogens with one attached hydrogen (secondary N) is 1. The number of nitrogens with two attached hydrogens (primary N) is 1. The molecule has 1 aromatic rings. The predicted octanol–water partition coefficient (Wildman–Crippen LogP) is 2.53. The number of rotatable bonds is 13. The van der Waals surface area contributed by atoms with E-state index in [-0.39, 0.29) is 31.1 Å². The van der Waals surface area contributed by atoms with Crippen molar-refractivity contribution < 1.29 is 24.1 Å². The lowest BCUT2D eigenvalue weighted by molar-refractivity contribution is -0.152. The van der Waals surface area contributed by atoms with Gasteiger partial charge in [0, 0.05) is 18.8 Å². The van der Waals surface area contributed by atoms with Crippen LogP contribution in [0.2, 0.25) is 0 Å². The summed E-state index contributed by atoms with van der Waals surface area (Å²) in [5, 5.41) is 17.3. The molecule has 0 aromatic heterocycles. The summed E-state index contributed by atoms with van der Waals surface area (Å²) >= 11 is 0. The lowest BCUT2D eigenvalue weighted by Crippen LogP contribution is -2.29. The van der Waals surface area contributed by atoms with E-state index in [2.05, 4.69) is 0 Å². The second-order valence-electron chi connectivity index (χ2n) is 5.95. The van der Waals surface area contributed by atoms with Gasteiger partial charge in [0.05, 0.1) is 6.61 Å². The van der Waals surface area contributed by atoms with Crippen LogP contribution in [-0.4, -0.2) is 49.8 Å². The monoisotopic (exact) mass is 368 g/mol. The van der Waals surface area contributed by atoms with Gasteiger partial charge in [0.1, 0.15) is 18.5 Å². The standard InChI is InChI=1S/C19H32N2O5/c1-5-13(4)17(11-22)26-16-10-14(19(20)21)8-9-15(16)25-12-18(23-6-2)24-7-3/h8-10,13,17-18,22H,5-7,11-12H2,1-4H3,(H3,20,21). The summed E-state index contributed by atoms with van der Waals surface area (Å²) in [6.45, 7) is 8.94. The summed E-state index contributed by atoms with van der Waals surface area (Å²) in [5.41, 5.74) is 6.11. The van der Waals surface area contributed by atoms with Crippen LogP contribution in [0, 0.1) is 11.3 Å². The fraction of sp³-hybridized carbons (Fsp3) is 0.632. The summed E-state index contributed by atoms with van der Waals surface area (Å²) in [6.07, 6.45) is 0.0116. The van der Waals surface area contributed by atoms with Gasteiger partial charge in [0.15, 0.2) is 17.8 Å². The first kappa shape index (κ1) is 22.2. The highest BCUT2D eigenvalue weighted by Crippen LogP contribution is 2.31. The van der Waals surface area contributed by atoms with Crippen molar-refractivity contribution in [1.82, 2.24) is 0 Å². The molecule has 2 unspecified atom stereocenters. The number of hydrogen-bond acceptors (Lipinski definition) is 6. The molecule has 0 bridgehead atoms.